The molecule has 0 amide bonds. The normalized spacial score (nSPS) is 19.0. The van der Waals surface area contributed by atoms with Crippen LogP contribution in [0.1, 0.15) is 40.0 Å². The van der Waals surface area contributed by atoms with E-state index in [0.717, 1.165) is 19.3 Å². The van der Waals surface area contributed by atoms with Crippen molar-refractivity contribution in [1.82, 2.24) is 9.97 Å². The summed E-state index contributed by atoms with van der Waals surface area (Å²) in [6.07, 6.45) is 7.93. The molecule has 0 spiro atoms. The molecule has 0 bridgehead atoms. The number of fused-ring (bicyclic) bond motifs is 1. The smallest absolute Gasteiger partial charge is 0.0976 e. The first-order chi connectivity index (χ1) is 8.33. The molecule has 0 saturated carbocycles. The van der Waals surface area contributed by atoms with E-state index < -0.39 is 0 Å². The monoisotopic (exact) mass is 245 g/mol. The predicted molar refractivity (Wildman–Crippen MR) is 69.0 cm³/mol. The highest BCUT2D eigenvalue weighted by molar-refractivity contribution is 7.11. The summed E-state index contributed by atoms with van der Waals surface area (Å²) >= 11 is 1.77. The van der Waals surface area contributed by atoms with Crippen LogP contribution in [0.2, 0.25) is 0 Å². The van der Waals surface area contributed by atoms with Gasteiger partial charge in [0, 0.05) is 29.7 Å². The lowest BCUT2D eigenvalue weighted by atomic mass is 9.99. The van der Waals surface area contributed by atoms with Gasteiger partial charge in [0.25, 0.3) is 0 Å². The van der Waals surface area contributed by atoms with Crippen LogP contribution in [0.5, 0.6) is 0 Å². The third kappa shape index (κ3) is 2.23. The predicted octanol–water partition coefficient (Wildman–Crippen LogP) is 2.47. The fraction of sp³-hybridized carbons (Fsp3) is 0.385. The van der Waals surface area contributed by atoms with E-state index in [9.17, 15) is 0 Å². The van der Waals surface area contributed by atoms with Gasteiger partial charge in [-0.2, -0.15) is 0 Å². The molecule has 3 nitrogen and oxygen atoms in total. The second-order valence-electron chi connectivity index (χ2n) is 4.46. The number of thiazole rings is 1. The van der Waals surface area contributed by atoms with E-state index in [1.807, 2.05) is 12.3 Å². The fourth-order valence-electron chi connectivity index (χ4n) is 2.26. The third-order valence-corrected chi connectivity index (χ3v) is 4.35. The summed E-state index contributed by atoms with van der Waals surface area (Å²) in [4.78, 5) is 10.1. The summed E-state index contributed by atoms with van der Waals surface area (Å²) < 4.78 is 0. The van der Waals surface area contributed by atoms with Gasteiger partial charge in [0.2, 0.25) is 0 Å². The highest BCUT2D eigenvalue weighted by Gasteiger charge is 2.21. The molecule has 2 heterocycles. The van der Waals surface area contributed by atoms with Gasteiger partial charge in [-0.15, -0.1) is 11.3 Å². The first kappa shape index (κ1) is 10.9. The topological polar surface area (TPSA) is 51.8 Å². The fourth-order valence-corrected chi connectivity index (χ4v) is 3.44. The molecular formula is C13H15N3S. The number of pyridine rings is 1. The molecule has 1 atom stereocenters. The SMILES string of the molecule is NC1CCCc2nc(Cc3cccnc3)sc21. The van der Waals surface area contributed by atoms with E-state index in [0.29, 0.717) is 0 Å². The van der Waals surface area contributed by atoms with Gasteiger partial charge in [0.15, 0.2) is 0 Å². The van der Waals surface area contributed by atoms with Gasteiger partial charge in [-0.25, -0.2) is 4.98 Å². The van der Waals surface area contributed by atoms with Crippen molar-refractivity contribution >= 4 is 11.3 Å². The Bertz CT molecular complexity index is 507. The molecule has 2 aromatic heterocycles. The summed E-state index contributed by atoms with van der Waals surface area (Å²) in [5, 5.41) is 1.17. The van der Waals surface area contributed by atoms with E-state index in [-0.39, 0.29) is 6.04 Å². The zero-order chi connectivity index (χ0) is 11.7. The zero-order valence-electron chi connectivity index (χ0n) is 9.60. The Morgan fingerprint density at radius 3 is 3.18 bits per heavy atom. The van der Waals surface area contributed by atoms with Gasteiger partial charge in [-0.3, -0.25) is 4.98 Å². The molecule has 0 fully saturated rings. The van der Waals surface area contributed by atoms with Crippen LogP contribution in [0, 0.1) is 0 Å². The van der Waals surface area contributed by atoms with Crippen molar-refractivity contribution in [1.29, 1.82) is 0 Å². The number of hydrogen-bond acceptors (Lipinski definition) is 4. The van der Waals surface area contributed by atoms with Crippen LogP contribution in [-0.2, 0) is 12.8 Å². The molecule has 0 aromatic carbocycles. The lowest BCUT2D eigenvalue weighted by molar-refractivity contribution is 0.573. The van der Waals surface area contributed by atoms with Gasteiger partial charge >= 0.3 is 0 Å². The van der Waals surface area contributed by atoms with Crippen LogP contribution in [0.3, 0.4) is 0 Å². The standard InChI is InChI=1S/C13H15N3S/c14-10-4-1-5-11-13(10)17-12(16-11)7-9-3-2-6-15-8-9/h2-3,6,8,10H,1,4-5,7,14H2. The van der Waals surface area contributed by atoms with Crippen molar-refractivity contribution in [3.63, 3.8) is 0 Å². The number of hydrogen-bond donors (Lipinski definition) is 1. The minimum Gasteiger partial charge on any atom is -0.323 e. The van der Waals surface area contributed by atoms with Gasteiger partial charge < -0.3 is 5.73 Å². The van der Waals surface area contributed by atoms with Crippen LogP contribution < -0.4 is 5.73 Å². The molecule has 0 radical (unpaired) electrons. The van der Waals surface area contributed by atoms with Crippen molar-refractivity contribution in [2.45, 2.75) is 31.7 Å². The average Bonchev–Trinajstić information content (AvgIpc) is 2.74. The molecule has 88 valence electrons. The van der Waals surface area contributed by atoms with Gasteiger partial charge in [0.1, 0.15) is 0 Å². The third-order valence-electron chi connectivity index (χ3n) is 3.12. The van der Waals surface area contributed by atoms with E-state index in [2.05, 4.69) is 11.1 Å². The van der Waals surface area contributed by atoms with Crippen molar-refractivity contribution in [3.8, 4) is 0 Å². The van der Waals surface area contributed by atoms with Crippen LogP contribution in [0.25, 0.3) is 0 Å². The van der Waals surface area contributed by atoms with E-state index in [4.69, 9.17) is 10.7 Å². The molecule has 4 heteroatoms. The Kier molecular flexibility index (Phi) is 2.91. The van der Waals surface area contributed by atoms with Gasteiger partial charge in [0.05, 0.1) is 10.7 Å². The number of aryl methyl sites for hydroxylation is 1. The van der Waals surface area contributed by atoms with E-state index >= 15 is 0 Å². The maximum atomic E-state index is 6.11. The lowest BCUT2D eigenvalue weighted by Crippen LogP contribution is -2.15. The molecule has 0 saturated heterocycles. The first-order valence-corrected chi connectivity index (χ1v) is 6.77. The first-order valence-electron chi connectivity index (χ1n) is 5.96. The molecule has 1 aliphatic carbocycles. The number of nitrogens with zero attached hydrogens (tertiary/aromatic N) is 2. The highest BCUT2D eigenvalue weighted by Crippen LogP contribution is 2.33. The highest BCUT2D eigenvalue weighted by atomic mass is 32.1. The van der Waals surface area contributed by atoms with Crippen LogP contribution in [0.4, 0.5) is 0 Å². The van der Waals surface area contributed by atoms with E-state index in [1.165, 1.54) is 27.6 Å². The molecule has 0 aliphatic heterocycles. The second kappa shape index (κ2) is 4.55. The maximum absolute atomic E-state index is 6.11. The molecule has 3 rings (SSSR count). The van der Waals surface area contributed by atoms with Crippen LogP contribution >= 0.6 is 11.3 Å². The van der Waals surface area contributed by atoms with Gasteiger partial charge in [-0.1, -0.05) is 6.07 Å². The molecular weight excluding hydrogens is 230 g/mol. The molecule has 1 unspecified atom stereocenters. The molecule has 2 aromatic rings. The minimum atomic E-state index is 0.207. The zero-order valence-corrected chi connectivity index (χ0v) is 10.4. The Hall–Kier alpha value is -1.26. The summed E-state index contributed by atoms with van der Waals surface area (Å²) in [5.74, 6) is 0. The Labute approximate surface area is 105 Å². The van der Waals surface area contributed by atoms with Crippen molar-refractivity contribution < 1.29 is 0 Å². The summed E-state index contributed by atoms with van der Waals surface area (Å²) in [6.45, 7) is 0. The number of rotatable bonds is 2. The summed E-state index contributed by atoms with van der Waals surface area (Å²) in [5.41, 5.74) is 8.56. The van der Waals surface area contributed by atoms with E-state index in [1.54, 1.807) is 17.5 Å². The van der Waals surface area contributed by atoms with Crippen molar-refractivity contribution in [2.75, 3.05) is 0 Å². The summed E-state index contributed by atoms with van der Waals surface area (Å²) in [6, 6.07) is 4.26. The number of aromatic nitrogens is 2. The second-order valence-corrected chi connectivity index (χ2v) is 5.57. The maximum Gasteiger partial charge on any atom is 0.0976 e. The van der Waals surface area contributed by atoms with Gasteiger partial charge in [-0.05, 0) is 30.9 Å². The van der Waals surface area contributed by atoms with Crippen LogP contribution in [-0.4, -0.2) is 9.97 Å². The molecule has 17 heavy (non-hydrogen) atoms. The quantitative estimate of drug-likeness (QED) is 0.884. The lowest BCUT2D eigenvalue weighted by Gasteiger charge is -2.15. The van der Waals surface area contributed by atoms with Crippen molar-refractivity contribution in [2.24, 2.45) is 5.73 Å². The molecule has 2 N–H and O–H groups in total. The number of nitrogens with two attached hydrogens (primary N) is 1. The largest absolute Gasteiger partial charge is 0.323 e. The minimum absolute atomic E-state index is 0.207. The Balaban J connectivity index is 1.85. The molecule has 1 aliphatic rings. The van der Waals surface area contributed by atoms with Crippen molar-refractivity contribution in [3.05, 3.63) is 45.7 Å². The summed E-state index contributed by atoms with van der Waals surface area (Å²) in [7, 11) is 0. The van der Waals surface area contributed by atoms with Crippen LogP contribution in [0.15, 0.2) is 24.5 Å². The average molecular weight is 245 g/mol. The Morgan fingerprint density at radius 1 is 1.47 bits per heavy atom. The Morgan fingerprint density at radius 2 is 2.41 bits per heavy atom.